The predicted octanol–water partition coefficient (Wildman–Crippen LogP) is 22.0. The highest BCUT2D eigenvalue weighted by atomic mass is 79.9. The third-order valence-corrected chi connectivity index (χ3v) is 19.1. The van der Waals surface area contributed by atoms with Gasteiger partial charge in [0.15, 0.2) is 0 Å². The van der Waals surface area contributed by atoms with Crippen molar-refractivity contribution in [2.75, 3.05) is 0 Å². The number of benzene rings is 14. The maximum absolute atomic E-state index is 3.58. The van der Waals surface area contributed by atoms with Gasteiger partial charge in [0.25, 0.3) is 0 Å². The molecule has 0 spiro atoms. The van der Waals surface area contributed by atoms with Crippen molar-refractivity contribution >= 4 is 102 Å². The zero-order valence-corrected chi connectivity index (χ0v) is 47.4. The molecular formula is C79H56BrN. The van der Waals surface area contributed by atoms with Gasteiger partial charge in [0.2, 0.25) is 0 Å². The Bertz CT molecular complexity index is 5090. The molecule has 0 amide bonds. The van der Waals surface area contributed by atoms with Crippen molar-refractivity contribution in [3.63, 3.8) is 0 Å². The molecule has 0 N–H and O–H groups in total. The van der Waals surface area contributed by atoms with E-state index < -0.39 is 0 Å². The summed E-state index contributed by atoms with van der Waals surface area (Å²) >= 11 is 3.58. The molecule has 0 fully saturated rings. The van der Waals surface area contributed by atoms with Crippen LogP contribution in [0.2, 0.25) is 0 Å². The maximum Gasteiger partial charge on any atom is 0.0544 e. The van der Waals surface area contributed by atoms with E-state index >= 15 is 0 Å². The normalized spacial score (nSPS) is 13.9. The zero-order valence-electron chi connectivity index (χ0n) is 45.8. The summed E-state index contributed by atoms with van der Waals surface area (Å²) in [7, 11) is 0. The van der Waals surface area contributed by atoms with Gasteiger partial charge in [0.1, 0.15) is 0 Å². The lowest BCUT2D eigenvalue weighted by molar-refractivity contribution is 0.659. The summed E-state index contributed by atoms with van der Waals surface area (Å²) in [4.78, 5) is 0. The second-order valence-corrected chi connectivity index (χ2v) is 24.5. The highest BCUT2D eigenvalue weighted by molar-refractivity contribution is 9.10. The van der Waals surface area contributed by atoms with E-state index in [2.05, 4.69) is 303 Å². The summed E-state index contributed by atoms with van der Waals surface area (Å²) in [5.74, 6) is 0. The van der Waals surface area contributed by atoms with E-state index in [0.29, 0.717) is 0 Å². The van der Waals surface area contributed by atoms with Crippen molar-refractivity contribution in [2.45, 2.75) is 44.9 Å². The van der Waals surface area contributed by atoms with Crippen molar-refractivity contribution in [1.29, 1.82) is 0 Å². The molecule has 1 aromatic heterocycles. The molecule has 3 aliphatic carbocycles. The van der Waals surface area contributed by atoms with Crippen LogP contribution in [0.15, 0.2) is 259 Å². The fourth-order valence-corrected chi connectivity index (χ4v) is 15.0. The van der Waals surface area contributed by atoms with E-state index in [9.17, 15) is 0 Å². The average Bonchev–Trinajstić information content (AvgIpc) is 3.91. The van der Waals surface area contributed by atoms with E-state index in [-0.39, 0.29) is 10.8 Å². The molecule has 0 saturated carbocycles. The van der Waals surface area contributed by atoms with E-state index in [1.807, 2.05) is 0 Å². The van der Waals surface area contributed by atoms with Crippen molar-refractivity contribution in [3.8, 4) is 39.1 Å². The van der Waals surface area contributed by atoms with Crippen molar-refractivity contribution in [2.24, 2.45) is 0 Å². The van der Waals surface area contributed by atoms with E-state index in [1.165, 1.54) is 159 Å². The smallest absolute Gasteiger partial charge is 0.0544 e. The fraction of sp³-hybridized carbons (Fsp3) is 0.0886. The first-order chi connectivity index (χ1) is 39.6. The van der Waals surface area contributed by atoms with Crippen LogP contribution < -0.4 is 0 Å². The van der Waals surface area contributed by atoms with Gasteiger partial charge in [-0.25, -0.2) is 0 Å². The molecule has 0 saturated heterocycles. The summed E-state index contributed by atoms with van der Waals surface area (Å²) in [6, 6.07) is 93.8. The molecule has 81 heavy (non-hydrogen) atoms. The summed E-state index contributed by atoms with van der Waals surface area (Å²) in [5, 5.41) is 18.4. The van der Waals surface area contributed by atoms with Crippen LogP contribution >= 0.6 is 15.9 Å². The van der Waals surface area contributed by atoms with Gasteiger partial charge in [-0.15, -0.1) is 0 Å². The number of para-hydroxylation sites is 1. The SMILES string of the molecule is Brc1ccc2c3ccccc3c3ccccc3c2c1.CC1(C)c2ccccc2-c2cc3c(cc21)Cc1ccccc1-3.CC1(C)c2ccccc2-c2cc3c4ccccc4n(-c4ccc5c6ccccc6c6ccccc6c5c4)c3cc21. The first-order valence-corrected chi connectivity index (χ1v) is 29.3. The Balaban J connectivity index is 0.000000111. The second kappa shape index (κ2) is 18.0. The van der Waals surface area contributed by atoms with Crippen molar-refractivity contribution < 1.29 is 0 Å². The Morgan fingerprint density at radius 1 is 0.272 bits per heavy atom. The van der Waals surface area contributed by atoms with Crippen molar-refractivity contribution in [3.05, 3.63) is 293 Å². The first kappa shape index (κ1) is 47.9. The lowest BCUT2D eigenvalue weighted by atomic mass is 9.81. The Hall–Kier alpha value is -9.08. The van der Waals surface area contributed by atoms with E-state index in [1.54, 1.807) is 0 Å². The molecule has 384 valence electrons. The van der Waals surface area contributed by atoms with Crippen LogP contribution in [0.1, 0.15) is 61.1 Å². The topological polar surface area (TPSA) is 4.93 Å². The lowest BCUT2D eigenvalue weighted by Gasteiger charge is -2.22. The van der Waals surface area contributed by atoms with Gasteiger partial charge in [0.05, 0.1) is 11.0 Å². The Morgan fingerprint density at radius 2 is 0.691 bits per heavy atom. The summed E-state index contributed by atoms with van der Waals surface area (Å²) < 4.78 is 3.60. The Labute approximate surface area is 480 Å². The molecule has 14 aromatic carbocycles. The molecule has 18 rings (SSSR count). The lowest BCUT2D eigenvalue weighted by Crippen LogP contribution is -2.15. The largest absolute Gasteiger partial charge is 0.309 e. The number of rotatable bonds is 1. The number of nitrogens with zero attached hydrogens (tertiary/aromatic N) is 1. The molecule has 0 unspecified atom stereocenters. The second-order valence-electron chi connectivity index (χ2n) is 23.6. The molecule has 2 heteroatoms. The maximum atomic E-state index is 3.58. The van der Waals surface area contributed by atoms with Gasteiger partial charge in [-0.05, 0) is 186 Å². The van der Waals surface area contributed by atoms with Crippen LogP contribution in [0.3, 0.4) is 0 Å². The molecule has 15 aromatic rings. The zero-order chi connectivity index (χ0) is 54.3. The van der Waals surface area contributed by atoms with Crippen LogP contribution in [0, 0.1) is 0 Å². The van der Waals surface area contributed by atoms with Gasteiger partial charge < -0.3 is 4.57 Å². The highest BCUT2D eigenvalue weighted by Gasteiger charge is 2.38. The van der Waals surface area contributed by atoms with E-state index in [4.69, 9.17) is 0 Å². The van der Waals surface area contributed by atoms with Crippen LogP contribution in [0.5, 0.6) is 0 Å². The van der Waals surface area contributed by atoms with Gasteiger partial charge in [-0.1, -0.05) is 250 Å². The number of hydrogen-bond acceptors (Lipinski definition) is 0. The molecule has 0 atom stereocenters. The van der Waals surface area contributed by atoms with Crippen LogP contribution in [-0.4, -0.2) is 4.57 Å². The minimum atomic E-state index is -0.0418. The molecular weight excluding hydrogens is 1040 g/mol. The Morgan fingerprint density at radius 3 is 1.26 bits per heavy atom. The predicted molar refractivity (Wildman–Crippen MR) is 350 cm³/mol. The average molecular weight is 1100 g/mol. The number of hydrogen-bond donors (Lipinski definition) is 0. The summed E-state index contributed by atoms with van der Waals surface area (Å²) in [5.41, 5.74) is 20.9. The van der Waals surface area contributed by atoms with Crippen LogP contribution in [0.4, 0.5) is 0 Å². The molecule has 0 radical (unpaired) electrons. The summed E-state index contributed by atoms with van der Waals surface area (Å²) in [6.07, 6.45) is 1.07. The minimum absolute atomic E-state index is 0.0418. The molecule has 0 bridgehead atoms. The molecule has 3 aliphatic rings. The van der Waals surface area contributed by atoms with E-state index in [0.717, 1.165) is 10.9 Å². The summed E-state index contributed by atoms with van der Waals surface area (Å²) in [6.45, 7) is 9.44. The van der Waals surface area contributed by atoms with Gasteiger partial charge in [-0.3, -0.25) is 0 Å². The molecule has 0 aliphatic heterocycles. The first-order valence-electron chi connectivity index (χ1n) is 28.5. The third-order valence-electron chi connectivity index (χ3n) is 18.6. The minimum Gasteiger partial charge on any atom is -0.309 e. The number of halogens is 1. The Kier molecular flexibility index (Phi) is 10.6. The molecule has 1 heterocycles. The van der Waals surface area contributed by atoms with Crippen LogP contribution in [0.25, 0.3) is 126 Å². The fourth-order valence-electron chi connectivity index (χ4n) is 14.7. The molecule has 1 nitrogen and oxygen atoms in total. The van der Waals surface area contributed by atoms with Crippen molar-refractivity contribution in [1.82, 2.24) is 4.57 Å². The van der Waals surface area contributed by atoms with Gasteiger partial charge in [0, 0.05) is 31.8 Å². The quantitative estimate of drug-likeness (QED) is 0.144. The third kappa shape index (κ3) is 7.16. The van der Waals surface area contributed by atoms with Gasteiger partial charge >= 0.3 is 0 Å². The standard InChI is InChI=1S/C39H27N.C22H18.C18H11Br/c1-39(2)35-17-9-7-15-30(35)33-22-34-31-16-8-10-18-37(31)40(38(34)23-36(33)39)24-19-20-29-27-13-4-3-11-25(27)26-12-5-6-14-28(26)32(29)21-24;1-22(2)20-10-6-5-9-17(20)19-13-18-15(12-21(19)22)11-14-7-3-4-8-16(14)18;19-12-9-10-17-15-7-2-1-5-13(15)14-6-3-4-8-16(14)18(17)11-12/h3-23H,1-2H3;3-10,12-13H,11H2,1-2H3;1-11H. The highest BCUT2D eigenvalue weighted by Crippen LogP contribution is 2.53. The monoisotopic (exact) mass is 1100 g/mol. The number of fused-ring (bicyclic) bond motifs is 24. The number of aromatic nitrogens is 1. The van der Waals surface area contributed by atoms with Crippen LogP contribution in [-0.2, 0) is 17.3 Å². The van der Waals surface area contributed by atoms with Gasteiger partial charge in [-0.2, -0.15) is 0 Å².